The fourth-order valence-corrected chi connectivity index (χ4v) is 1.05. The lowest BCUT2D eigenvalue weighted by molar-refractivity contribution is 0.619. The monoisotopic (exact) mass is 152 g/mol. The van der Waals surface area contributed by atoms with Crippen LogP contribution in [0.25, 0.3) is 0 Å². The predicted octanol–water partition coefficient (Wildman–Crippen LogP) is 3.34. The van der Waals surface area contributed by atoms with E-state index in [0.29, 0.717) is 5.92 Å². The Morgan fingerprint density at radius 2 is 2.18 bits per heavy atom. The molecule has 0 fully saturated rings. The fraction of sp³-hybridized carbons (Fsp3) is 0.400. The van der Waals surface area contributed by atoms with E-state index in [0.717, 1.165) is 12.0 Å². The van der Waals surface area contributed by atoms with E-state index in [9.17, 15) is 4.39 Å². The number of hydrogen-bond donors (Lipinski definition) is 0. The number of hydrogen-bond acceptors (Lipinski definition) is 0. The maximum Gasteiger partial charge on any atom is 0.123 e. The van der Waals surface area contributed by atoms with E-state index in [1.807, 2.05) is 6.07 Å². The van der Waals surface area contributed by atoms with Gasteiger partial charge in [0.05, 0.1) is 0 Å². The molecule has 0 aromatic heterocycles. The van der Waals surface area contributed by atoms with E-state index < -0.39 is 0 Å². The highest BCUT2D eigenvalue weighted by Crippen LogP contribution is 2.18. The molecule has 0 aliphatic carbocycles. The zero-order chi connectivity index (χ0) is 8.27. The molecule has 0 saturated heterocycles. The molecule has 1 heteroatoms. The lowest BCUT2D eigenvalue weighted by Gasteiger charge is -2.07. The van der Waals surface area contributed by atoms with Crippen molar-refractivity contribution in [3.05, 3.63) is 35.6 Å². The van der Waals surface area contributed by atoms with Crippen molar-refractivity contribution in [2.75, 3.05) is 0 Å². The van der Waals surface area contributed by atoms with Gasteiger partial charge in [0.1, 0.15) is 5.82 Å². The summed E-state index contributed by atoms with van der Waals surface area (Å²) in [4.78, 5) is 0. The molecule has 0 spiro atoms. The molecule has 60 valence electrons. The Labute approximate surface area is 67.1 Å². The summed E-state index contributed by atoms with van der Waals surface area (Å²) in [6.07, 6.45) is 1.06. The quantitative estimate of drug-likeness (QED) is 0.609. The van der Waals surface area contributed by atoms with Crippen LogP contribution in [0.15, 0.2) is 24.3 Å². The van der Waals surface area contributed by atoms with Gasteiger partial charge in [0.15, 0.2) is 0 Å². The summed E-state index contributed by atoms with van der Waals surface area (Å²) in [5.74, 6) is 0.327. The van der Waals surface area contributed by atoms with Crippen LogP contribution < -0.4 is 0 Å². The number of halogens is 1. The van der Waals surface area contributed by atoms with Gasteiger partial charge in [-0.25, -0.2) is 4.39 Å². The Morgan fingerprint density at radius 1 is 1.45 bits per heavy atom. The average Bonchev–Trinajstić information content (AvgIpc) is 2.03. The van der Waals surface area contributed by atoms with Gasteiger partial charge in [0.2, 0.25) is 0 Å². The lowest BCUT2D eigenvalue weighted by atomic mass is 9.99. The Bertz CT molecular complexity index is 230. The number of benzene rings is 1. The zero-order valence-electron chi connectivity index (χ0n) is 6.97. The Morgan fingerprint density at radius 3 is 2.73 bits per heavy atom. The summed E-state index contributed by atoms with van der Waals surface area (Å²) >= 11 is 0. The Kier molecular flexibility index (Phi) is 2.64. The molecule has 1 aromatic carbocycles. The third kappa shape index (κ3) is 2.04. The minimum Gasteiger partial charge on any atom is -0.207 e. The van der Waals surface area contributed by atoms with Gasteiger partial charge in [0.25, 0.3) is 0 Å². The molecule has 0 aliphatic rings. The van der Waals surface area contributed by atoms with Crippen LogP contribution >= 0.6 is 0 Å². The van der Waals surface area contributed by atoms with Crippen molar-refractivity contribution in [1.29, 1.82) is 0 Å². The van der Waals surface area contributed by atoms with E-state index in [2.05, 4.69) is 13.8 Å². The summed E-state index contributed by atoms with van der Waals surface area (Å²) in [6, 6.07) is 6.81. The number of rotatable bonds is 2. The smallest absolute Gasteiger partial charge is 0.123 e. The van der Waals surface area contributed by atoms with Crippen molar-refractivity contribution in [1.82, 2.24) is 0 Å². The largest absolute Gasteiger partial charge is 0.207 e. The first-order valence-electron chi connectivity index (χ1n) is 3.99. The molecule has 0 saturated carbocycles. The summed E-state index contributed by atoms with van der Waals surface area (Å²) < 4.78 is 12.7. The third-order valence-electron chi connectivity index (χ3n) is 2.03. The highest BCUT2D eigenvalue weighted by molar-refractivity contribution is 5.19. The van der Waals surface area contributed by atoms with E-state index in [4.69, 9.17) is 0 Å². The third-order valence-corrected chi connectivity index (χ3v) is 2.03. The van der Waals surface area contributed by atoms with Crippen molar-refractivity contribution >= 4 is 0 Å². The normalized spacial score (nSPS) is 13.0. The molecule has 11 heavy (non-hydrogen) atoms. The van der Waals surface area contributed by atoms with E-state index >= 15 is 0 Å². The molecule has 0 amide bonds. The SMILES string of the molecule is CCC(C)c1cccc(F)c1. The summed E-state index contributed by atoms with van der Waals surface area (Å²) in [5, 5.41) is 0. The zero-order valence-corrected chi connectivity index (χ0v) is 6.97. The molecule has 1 aromatic rings. The average molecular weight is 152 g/mol. The molecule has 0 N–H and O–H groups in total. The Balaban J connectivity index is 2.86. The molecule has 0 nitrogen and oxygen atoms in total. The maximum absolute atomic E-state index is 12.7. The molecule has 0 bridgehead atoms. The van der Waals surface area contributed by atoms with Gasteiger partial charge >= 0.3 is 0 Å². The standard InChI is InChI=1S/C10H13F/c1-3-8(2)9-5-4-6-10(11)7-9/h4-8H,3H2,1-2H3. The van der Waals surface area contributed by atoms with Crippen LogP contribution in [0.2, 0.25) is 0 Å². The van der Waals surface area contributed by atoms with Crippen molar-refractivity contribution in [2.45, 2.75) is 26.2 Å². The summed E-state index contributed by atoms with van der Waals surface area (Å²) in [6.45, 7) is 4.21. The molecule has 1 rings (SSSR count). The van der Waals surface area contributed by atoms with E-state index in [-0.39, 0.29) is 5.82 Å². The van der Waals surface area contributed by atoms with E-state index in [1.165, 1.54) is 6.07 Å². The van der Waals surface area contributed by atoms with Crippen LogP contribution in [-0.2, 0) is 0 Å². The highest BCUT2D eigenvalue weighted by Gasteiger charge is 2.02. The lowest BCUT2D eigenvalue weighted by Crippen LogP contribution is -1.90. The second-order valence-electron chi connectivity index (χ2n) is 2.86. The molecule has 1 atom stereocenters. The first kappa shape index (κ1) is 8.25. The van der Waals surface area contributed by atoms with Crippen LogP contribution in [0.4, 0.5) is 4.39 Å². The van der Waals surface area contributed by atoms with Gasteiger partial charge in [-0.3, -0.25) is 0 Å². The topological polar surface area (TPSA) is 0 Å². The van der Waals surface area contributed by atoms with Crippen molar-refractivity contribution in [3.63, 3.8) is 0 Å². The first-order valence-corrected chi connectivity index (χ1v) is 3.99. The van der Waals surface area contributed by atoms with Gasteiger partial charge in [-0.1, -0.05) is 26.0 Å². The summed E-state index contributed by atoms with van der Waals surface area (Å²) in [7, 11) is 0. The minimum absolute atomic E-state index is 0.136. The van der Waals surface area contributed by atoms with Gasteiger partial charge in [-0.05, 0) is 30.0 Å². The molecule has 1 unspecified atom stereocenters. The van der Waals surface area contributed by atoms with Gasteiger partial charge < -0.3 is 0 Å². The van der Waals surface area contributed by atoms with Gasteiger partial charge in [-0.15, -0.1) is 0 Å². The van der Waals surface area contributed by atoms with Crippen molar-refractivity contribution < 1.29 is 4.39 Å². The fourth-order valence-electron chi connectivity index (χ4n) is 1.05. The van der Waals surface area contributed by atoms with Crippen LogP contribution in [-0.4, -0.2) is 0 Å². The van der Waals surface area contributed by atoms with Crippen LogP contribution in [0.3, 0.4) is 0 Å². The van der Waals surface area contributed by atoms with Crippen LogP contribution in [0.5, 0.6) is 0 Å². The van der Waals surface area contributed by atoms with Crippen LogP contribution in [0.1, 0.15) is 31.7 Å². The molecular weight excluding hydrogens is 139 g/mol. The molecule has 0 heterocycles. The second kappa shape index (κ2) is 3.51. The Hall–Kier alpha value is -0.850. The second-order valence-corrected chi connectivity index (χ2v) is 2.86. The molecular formula is C10H13F. The molecule has 0 aliphatic heterocycles. The maximum atomic E-state index is 12.7. The highest BCUT2D eigenvalue weighted by atomic mass is 19.1. The van der Waals surface area contributed by atoms with Gasteiger partial charge in [0, 0.05) is 0 Å². The first-order chi connectivity index (χ1) is 5.24. The van der Waals surface area contributed by atoms with Crippen molar-refractivity contribution in [2.24, 2.45) is 0 Å². The van der Waals surface area contributed by atoms with E-state index in [1.54, 1.807) is 12.1 Å². The minimum atomic E-state index is -0.136. The predicted molar refractivity (Wildman–Crippen MR) is 45.1 cm³/mol. The van der Waals surface area contributed by atoms with Crippen molar-refractivity contribution in [3.8, 4) is 0 Å². The van der Waals surface area contributed by atoms with Gasteiger partial charge in [-0.2, -0.15) is 0 Å². The molecule has 0 radical (unpaired) electrons. The van der Waals surface area contributed by atoms with Crippen LogP contribution in [0, 0.1) is 5.82 Å². The summed E-state index contributed by atoms with van der Waals surface area (Å²) in [5.41, 5.74) is 1.09.